The van der Waals surface area contributed by atoms with Crippen LogP contribution in [0.2, 0.25) is 0 Å². The van der Waals surface area contributed by atoms with E-state index in [-0.39, 0.29) is 22.7 Å². The van der Waals surface area contributed by atoms with Crippen LogP contribution < -0.4 is 5.56 Å². The molecular weight excluding hydrogens is 550 g/mol. The van der Waals surface area contributed by atoms with Crippen LogP contribution in [0.1, 0.15) is 61.8 Å². The first-order valence-corrected chi connectivity index (χ1v) is 14.5. The van der Waals surface area contributed by atoms with Crippen LogP contribution >= 0.6 is 0 Å². The molecule has 1 N–H and O–H groups in total. The fourth-order valence-corrected chi connectivity index (χ4v) is 6.13. The van der Waals surface area contributed by atoms with Crippen LogP contribution in [0.15, 0.2) is 69.2 Å². The zero-order valence-corrected chi connectivity index (χ0v) is 23.5. The van der Waals surface area contributed by atoms with Crippen LogP contribution in [-0.4, -0.2) is 28.1 Å². The molecule has 2 heterocycles. The van der Waals surface area contributed by atoms with Gasteiger partial charge >= 0.3 is 0 Å². The third-order valence-corrected chi connectivity index (χ3v) is 8.66. The summed E-state index contributed by atoms with van der Waals surface area (Å²) in [5.41, 5.74) is 0.840. The summed E-state index contributed by atoms with van der Waals surface area (Å²) in [7, 11) is -4.55. The van der Waals surface area contributed by atoms with Gasteiger partial charge in [0.15, 0.2) is 4.90 Å². The van der Waals surface area contributed by atoms with E-state index in [0.717, 1.165) is 12.5 Å². The van der Waals surface area contributed by atoms with E-state index < -0.39 is 44.0 Å². The SMILES string of the molecule is CCCCc1nc(O)c(S(=O)(=O)c2ccc(-c3ccc(F)nc3C)cc2)c(=O)n1C(CC)c1ccc(F)c(C#N)c1. The van der Waals surface area contributed by atoms with Crippen molar-refractivity contribution in [2.45, 2.75) is 62.3 Å². The second kappa shape index (κ2) is 12.0. The molecule has 0 spiro atoms. The van der Waals surface area contributed by atoms with E-state index in [1.54, 1.807) is 19.9 Å². The van der Waals surface area contributed by atoms with E-state index in [4.69, 9.17) is 0 Å². The molecule has 0 saturated heterocycles. The Morgan fingerprint density at radius 3 is 2.37 bits per heavy atom. The number of sulfone groups is 1. The first kappa shape index (κ1) is 29.6. The lowest BCUT2D eigenvalue weighted by molar-refractivity contribution is 0.406. The van der Waals surface area contributed by atoms with Crippen molar-refractivity contribution >= 4 is 9.84 Å². The van der Waals surface area contributed by atoms with Crippen molar-refractivity contribution in [3.05, 3.63) is 99.4 Å². The molecule has 0 fully saturated rings. The number of aromatic nitrogens is 3. The van der Waals surface area contributed by atoms with Crippen LogP contribution in [0, 0.1) is 30.0 Å². The van der Waals surface area contributed by atoms with E-state index in [0.29, 0.717) is 35.2 Å². The molecule has 41 heavy (non-hydrogen) atoms. The van der Waals surface area contributed by atoms with Gasteiger partial charge in [0, 0.05) is 17.7 Å². The predicted molar refractivity (Wildman–Crippen MR) is 148 cm³/mol. The first-order chi connectivity index (χ1) is 19.5. The second-order valence-electron chi connectivity index (χ2n) is 9.53. The molecule has 1 atom stereocenters. The number of pyridine rings is 1. The van der Waals surface area contributed by atoms with Gasteiger partial charge in [0.25, 0.3) is 5.56 Å². The number of halogens is 2. The van der Waals surface area contributed by atoms with Crippen molar-refractivity contribution in [2.75, 3.05) is 0 Å². The zero-order valence-electron chi connectivity index (χ0n) is 22.7. The molecule has 0 amide bonds. The van der Waals surface area contributed by atoms with Crippen molar-refractivity contribution < 1.29 is 22.3 Å². The van der Waals surface area contributed by atoms with Crippen molar-refractivity contribution in [3.8, 4) is 23.1 Å². The van der Waals surface area contributed by atoms with Crippen LogP contribution in [-0.2, 0) is 16.3 Å². The number of hydrogen-bond acceptors (Lipinski definition) is 7. The highest BCUT2D eigenvalue weighted by Gasteiger charge is 2.31. The minimum Gasteiger partial charge on any atom is -0.492 e. The highest BCUT2D eigenvalue weighted by atomic mass is 32.2. The maximum atomic E-state index is 14.1. The van der Waals surface area contributed by atoms with Gasteiger partial charge in [-0.25, -0.2) is 17.8 Å². The van der Waals surface area contributed by atoms with Gasteiger partial charge in [-0.05, 0) is 67.3 Å². The molecular formula is C30H28F2N4O4S. The third kappa shape index (κ3) is 5.74. The Bertz CT molecular complexity index is 1810. The second-order valence-corrected chi connectivity index (χ2v) is 11.4. The van der Waals surface area contributed by atoms with E-state index in [2.05, 4.69) is 9.97 Å². The zero-order chi connectivity index (χ0) is 29.9. The molecule has 0 saturated carbocycles. The van der Waals surface area contributed by atoms with Crippen molar-refractivity contribution in [3.63, 3.8) is 0 Å². The Morgan fingerprint density at radius 2 is 1.76 bits per heavy atom. The lowest BCUT2D eigenvalue weighted by atomic mass is 10.0. The molecule has 0 aliphatic carbocycles. The van der Waals surface area contributed by atoms with Gasteiger partial charge < -0.3 is 5.11 Å². The lowest BCUT2D eigenvalue weighted by Gasteiger charge is -2.23. The van der Waals surface area contributed by atoms with Crippen molar-refractivity contribution in [2.24, 2.45) is 0 Å². The minimum absolute atomic E-state index is 0.178. The minimum atomic E-state index is -4.55. The summed E-state index contributed by atoms with van der Waals surface area (Å²) < 4.78 is 56.2. The number of benzene rings is 2. The lowest BCUT2D eigenvalue weighted by Crippen LogP contribution is -2.33. The third-order valence-electron chi connectivity index (χ3n) is 6.87. The molecule has 0 bridgehead atoms. The van der Waals surface area contributed by atoms with E-state index in [1.165, 1.54) is 53.1 Å². The number of rotatable bonds is 9. The largest absolute Gasteiger partial charge is 0.492 e. The molecule has 4 rings (SSSR count). The highest BCUT2D eigenvalue weighted by Crippen LogP contribution is 2.31. The fraction of sp³-hybridized carbons (Fsp3) is 0.267. The maximum absolute atomic E-state index is 14.1. The molecule has 2 aromatic heterocycles. The van der Waals surface area contributed by atoms with Gasteiger partial charge in [0.2, 0.25) is 21.7 Å². The van der Waals surface area contributed by atoms with Gasteiger partial charge in [-0.2, -0.15) is 14.6 Å². The summed E-state index contributed by atoms with van der Waals surface area (Å²) in [6.45, 7) is 5.33. The molecule has 212 valence electrons. The summed E-state index contributed by atoms with van der Waals surface area (Å²) in [5.74, 6) is -2.09. The Kier molecular flexibility index (Phi) is 8.63. The maximum Gasteiger partial charge on any atom is 0.277 e. The van der Waals surface area contributed by atoms with Crippen LogP contribution in [0.4, 0.5) is 8.78 Å². The predicted octanol–water partition coefficient (Wildman–Crippen LogP) is 5.64. The van der Waals surface area contributed by atoms with Crippen LogP contribution in [0.5, 0.6) is 5.88 Å². The van der Waals surface area contributed by atoms with Crippen molar-refractivity contribution in [1.29, 1.82) is 5.26 Å². The summed E-state index contributed by atoms with van der Waals surface area (Å²) in [6.07, 6.45) is 1.93. The Hall–Kier alpha value is -4.43. The normalized spacial score (nSPS) is 12.2. The molecule has 2 aromatic carbocycles. The monoisotopic (exact) mass is 578 g/mol. The number of hydrogen-bond donors (Lipinski definition) is 1. The van der Waals surface area contributed by atoms with Gasteiger partial charge in [0.05, 0.1) is 16.5 Å². The average Bonchev–Trinajstić information content (AvgIpc) is 2.94. The van der Waals surface area contributed by atoms with Gasteiger partial charge in [0.1, 0.15) is 17.7 Å². The fourth-order valence-electron chi connectivity index (χ4n) is 4.79. The molecule has 11 heteroatoms. The van der Waals surface area contributed by atoms with E-state index in [9.17, 15) is 32.4 Å². The van der Waals surface area contributed by atoms with Crippen LogP contribution in [0.3, 0.4) is 0 Å². The molecule has 0 aliphatic heterocycles. The molecule has 4 aromatic rings. The van der Waals surface area contributed by atoms with Crippen LogP contribution in [0.25, 0.3) is 11.1 Å². The molecule has 0 radical (unpaired) electrons. The quantitative estimate of drug-likeness (QED) is 0.255. The average molecular weight is 579 g/mol. The first-order valence-electron chi connectivity index (χ1n) is 13.1. The topological polar surface area (TPSA) is 126 Å². The van der Waals surface area contributed by atoms with Gasteiger partial charge in [-0.3, -0.25) is 9.36 Å². The summed E-state index contributed by atoms with van der Waals surface area (Å²) in [6, 6.07) is 13.2. The Balaban J connectivity index is 1.88. The number of unbranched alkanes of at least 4 members (excludes halogenated alkanes) is 1. The number of aromatic hydroxyl groups is 1. The van der Waals surface area contributed by atoms with Gasteiger partial charge in [-0.15, -0.1) is 0 Å². The standard InChI is InChI=1S/C30H28F2N4O4S/c1-4-6-7-27-35-29(37)28(30(38)36(27)25(5-2)20-10-14-24(31)21(16-20)17-33)41(39,40)22-11-8-19(9-12-22)23-13-15-26(32)34-18(23)3/h8-16,25,37H,4-7H2,1-3H3. The molecule has 0 aliphatic rings. The number of nitriles is 1. The summed E-state index contributed by atoms with van der Waals surface area (Å²) in [4.78, 5) is 20.8. The summed E-state index contributed by atoms with van der Waals surface area (Å²) >= 11 is 0. The Morgan fingerprint density at radius 1 is 1.05 bits per heavy atom. The molecule has 8 nitrogen and oxygen atoms in total. The number of nitrogens with zero attached hydrogens (tertiary/aromatic N) is 4. The van der Waals surface area contributed by atoms with Gasteiger partial charge in [-0.1, -0.05) is 38.5 Å². The summed E-state index contributed by atoms with van der Waals surface area (Å²) in [5, 5.41) is 20.1. The number of aryl methyl sites for hydroxylation is 2. The highest BCUT2D eigenvalue weighted by molar-refractivity contribution is 7.91. The Labute approximate surface area is 236 Å². The van der Waals surface area contributed by atoms with Crippen molar-refractivity contribution in [1.82, 2.24) is 14.5 Å². The van der Waals surface area contributed by atoms with E-state index in [1.807, 2.05) is 6.92 Å². The molecule has 1 unspecified atom stereocenters. The smallest absolute Gasteiger partial charge is 0.277 e. The van der Waals surface area contributed by atoms with E-state index >= 15 is 0 Å².